The SMILES string of the molecule is Cc1ccc(S(=O)(=O)O[C@@H](C)C(=O)Cl)cc1. The van der Waals surface area contributed by atoms with Crippen LogP contribution in [0.4, 0.5) is 0 Å². The Balaban J connectivity index is 2.94. The fourth-order valence-corrected chi connectivity index (χ4v) is 2.13. The van der Waals surface area contributed by atoms with Gasteiger partial charge in [0.05, 0.1) is 4.90 Å². The lowest BCUT2D eigenvalue weighted by molar-refractivity contribution is -0.117. The Hall–Kier alpha value is -0.910. The predicted octanol–water partition coefficient (Wildman–Crippen LogP) is 1.85. The van der Waals surface area contributed by atoms with Crippen LogP contribution in [-0.2, 0) is 19.1 Å². The number of hydrogen-bond donors (Lipinski definition) is 0. The van der Waals surface area contributed by atoms with E-state index < -0.39 is 21.5 Å². The first-order chi connectivity index (χ1) is 7.33. The quantitative estimate of drug-likeness (QED) is 0.614. The second-order valence-corrected chi connectivity index (χ2v) is 5.25. The molecule has 1 atom stereocenters. The molecular formula is C10H11ClO4S. The number of aryl methyl sites for hydroxylation is 1. The van der Waals surface area contributed by atoms with Crippen molar-refractivity contribution in [3.63, 3.8) is 0 Å². The highest BCUT2D eigenvalue weighted by molar-refractivity contribution is 7.86. The van der Waals surface area contributed by atoms with Crippen LogP contribution in [0, 0.1) is 6.92 Å². The molecule has 6 heteroatoms. The van der Waals surface area contributed by atoms with Gasteiger partial charge in [-0.05, 0) is 37.6 Å². The average molecular weight is 263 g/mol. The van der Waals surface area contributed by atoms with Gasteiger partial charge in [-0.25, -0.2) is 0 Å². The van der Waals surface area contributed by atoms with Gasteiger partial charge in [-0.1, -0.05) is 17.7 Å². The molecule has 88 valence electrons. The summed E-state index contributed by atoms with van der Waals surface area (Å²) < 4.78 is 27.9. The molecule has 0 N–H and O–H groups in total. The van der Waals surface area contributed by atoms with Crippen molar-refractivity contribution < 1.29 is 17.4 Å². The first-order valence-corrected chi connectivity index (χ1v) is 6.31. The number of carbonyl (C=O) groups is 1. The summed E-state index contributed by atoms with van der Waals surface area (Å²) in [5.74, 6) is 0. The van der Waals surface area contributed by atoms with Crippen molar-refractivity contribution in [3.8, 4) is 0 Å². The van der Waals surface area contributed by atoms with Gasteiger partial charge in [-0.3, -0.25) is 8.98 Å². The van der Waals surface area contributed by atoms with Gasteiger partial charge in [0, 0.05) is 0 Å². The molecule has 0 aliphatic heterocycles. The lowest BCUT2D eigenvalue weighted by Crippen LogP contribution is -2.20. The summed E-state index contributed by atoms with van der Waals surface area (Å²) in [5, 5.41) is -0.851. The highest BCUT2D eigenvalue weighted by Gasteiger charge is 2.22. The van der Waals surface area contributed by atoms with E-state index >= 15 is 0 Å². The second-order valence-electron chi connectivity index (χ2n) is 3.31. The normalized spacial score (nSPS) is 13.4. The van der Waals surface area contributed by atoms with Gasteiger partial charge in [-0.15, -0.1) is 0 Å². The van der Waals surface area contributed by atoms with Crippen LogP contribution in [0.3, 0.4) is 0 Å². The Kier molecular flexibility index (Phi) is 4.07. The van der Waals surface area contributed by atoms with Crippen molar-refractivity contribution in [1.82, 2.24) is 0 Å². The molecule has 0 heterocycles. The van der Waals surface area contributed by atoms with Crippen molar-refractivity contribution in [2.24, 2.45) is 0 Å². The van der Waals surface area contributed by atoms with Crippen molar-refractivity contribution in [2.45, 2.75) is 24.8 Å². The third-order valence-corrected chi connectivity index (χ3v) is 3.60. The molecule has 1 rings (SSSR count). The molecule has 0 aliphatic rings. The fraction of sp³-hybridized carbons (Fsp3) is 0.300. The molecule has 16 heavy (non-hydrogen) atoms. The summed E-state index contributed by atoms with van der Waals surface area (Å²) in [6.07, 6.45) is -1.19. The Morgan fingerprint density at radius 3 is 2.25 bits per heavy atom. The number of carbonyl (C=O) groups excluding carboxylic acids is 1. The monoisotopic (exact) mass is 262 g/mol. The van der Waals surface area contributed by atoms with E-state index in [1.54, 1.807) is 12.1 Å². The van der Waals surface area contributed by atoms with E-state index in [9.17, 15) is 13.2 Å². The largest absolute Gasteiger partial charge is 0.297 e. The maximum Gasteiger partial charge on any atom is 0.297 e. The number of rotatable bonds is 4. The standard InChI is InChI=1S/C10H11ClO4S/c1-7-3-5-9(6-4-7)16(13,14)15-8(2)10(11)12/h3-6,8H,1-2H3/t8-/m0/s1. The summed E-state index contributed by atoms with van der Waals surface area (Å²) in [5.41, 5.74) is 0.931. The van der Waals surface area contributed by atoms with E-state index in [2.05, 4.69) is 4.18 Å². The maximum atomic E-state index is 11.6. The predicted molar refractivity (Wildman–Crippen MR) is 59.8 cm³/mol. The second kappa shape index (κ2) is 4.95. The number of halogens is 1. The Bertz CT molecular complexity index is 478. The summed E-state index contributed by atoms with van der Waals surface area (Å²) in [6.45, 7) is 3.11. The topological polar surface area (TPSA) is 60.4 Å². The Morgan fingerprint density at radius 2 is 1.81 bits per heavy atom. The first kappa shape index (κ1) is 13.2. The van der Waals surface area contributed by atoms with E-state index in [1.165, 1.54) is 19.1 Å². The third-order valence-electron chi connectivity index (χ3n) is 1.90. The average Bonchev–Trinajstić information content (AvgIpc) is 2.17. The zero-order chi connectivity index (χ0) is 12.3. The van der Waals surface area contributed by atoms with Crippen molar-refractivity contribution >= 4 is 27.0 Å². The van der Waals surface area contributed by atoms with Crippen molar-refractivity contribution in [2.75, 3.05) is 0 Å². The zero-order valence-corrected chi connectivity index (χ0v) is 10.4. The molecule has 1 aromatic rings. The minimum absolute atomic E-state index is 0.00265. The summed E-state index contributed by atoms with van der Waals surface area (Å²) in [4.78, 5) is 10.7. The third kappa shape index (κ3) is 3.30. The molecule has 1 aromatic carbocycles. The number of hydrogen-bond acceptors (Lipinski definition) is 4. The zero-order valence-electron chi connectivity index (χ0n) is 8.81. The maximum absolute atomic E-state index is 11.6. The Labute approximate surface area is 99.3 Å². The summed E-state index contributed by atoms with van der Waals surface area (Å²) in [7, 11) is -3.93. The lowest BCUT2D eigenvalue weighted by Gasteiger charge is -2.08. The van der Waals surface area contributed by atoms with Gasteiger partial charge in [0.1, 0.15) is 6.10 Å². The van der Waals surface area contributed by atoms with Crippen LogP contribution in [0.5, 0.6) is 0 Å². The molecule has 4 nitrogen and oxygen atoms in total. The molecule has 0 bridgehead atoms. The highest BCUT2D eigenvalue weighted by Crippen LogP contribution is 2.15. The smallest absolute Gasteiger partial charge is 0.278 e. The van der Waals surface area contributed by atoms with Gasteiger partial charge in [0.2, 0.25) is 0 Å². The van der Waals surface area contributed by atoms with Crippen LogP contribution in [0.15, 0.2) is 29.2 Å². The molecule has 0 saturated heterocycles. The highest BCUT2D eigenvalue weighted by atomic mass is 35.5. The van der Waals surface area contributed by atoms with E-state index in [-0.39, 0.29) is 4.90 Å². The molecule has 0 saturated carbocycles. The minimum Gasteiger partial charge on any atom is -0.278 e. The van der Waals surface area contributed by atoms with E-state index in [0.29, 0.717) is 0 Å². The molecule has 0 radical (unpaired) electrons. The molecule has 0 spiro atoms. The van der Waals surface area contributed by atoms with Gasteiger partial charge >= 0.3 is 0 Å². The van der Waals surface area contributed by atoms with Gasteiger partial charge in [-0.2, -0.15) is 8.42 Å². The van der Waals surface area contributed by atoms with Gasteiger partial charge < -0.3 is 0 Å². The molecule has 0 unspecified atom stereocenters. The van der Waals surface area contributed by atoms with E-state index in [1.807, 2.05) is 6.92 Å². The lowest BCUT2D eigenvalue weighted by atomic mass is 10.2. The van der Waals surface area contributed by atoms with E-state index in [0.717, 1.165) is 5.56 Å². The van der Waals surface area contributed by atoms with Crippen molar-refractivity contribution in [3.05, 3.63) is 29.8 Å². The molecule has 0 amide bonds. The fourth-order valence-electron chi connectivity index (χ4n) is 0.988. The summed E-state index contributed by atoms with van der Waals surface area (Å²) in [6, 6.07) is 6.11. The van der Waals surface area contributed by atoms with Crippen LogP contribution >= 0.6 is 11.6 Å². The minimum atomic E-state index is -3.93. The van der Waals surface area contributed by atoms with Crippen LogP contribution < -0.4 is 0 Å². The number of benzene rings is 1. The molecule has 0 aliphatic carbocycles. The summed E-state index contributed by atoms with van der Waals surface area (Å²) >= 11 is 5.12. The van der Waals surface area contributed by atoms with Crippen LogP contribution in [0.25, 0.3) is 0 Å². The molecule has 0 aromatic heterocycles. The van der Waals surface area contributed by atoms with Crippen LogP contribution in [0.2, 0.25) is 0 Å². The van der Waals surface area contributed by atoms with Crippen LogP contribution in [0.1, 0.15) is 12.5 Å². The van der Waals surface area contributed by atoms with Gasteiger partial charge in [0.15, 0.2) is 0 Å². The van der Waals surface area contributed by atoms with Crippen LogP contribution in [-0.4, -0.2) is 19.8 Å². The van der Waals surface area contributed by atoms with Gasteiger partial charge in [0.25, 0.3) is 15.4 Å². The Morgan fingerprint density at radius 1 is 1.31 bits per heavy atom. The van der Waals surface area contributed by atoms with E-state index in [4.69, 9.17) is 11.6 Å². The molecule has 0 fully saturated rings. The first-order valence-electron chi connectivity index (χ1n) is 4.52. The van der Waals surface area contributed by atoms with Crippen molar-refractivity contribution in [1.29, 1.82) is 0 Å². The molecular weight excluding hydrogens is 252 g/mol.